The van der Waals surface area contributed by atoms with E-state index in [1.807, 2.05) is 6.07 Å². The van der Waals surface area contributed by atoms with E-state index in [4.69, 9.17) is 0 Å². The van der Waals surface area contributed by atoms with E-state index in [1.165, 1.54) is 10.4 Å². The summed E-state index contributed by atoms with van der Waals surface area (Å²) in [5.74, 6) is 1.21. The third kappa shape index (κ3) is 3.61. The molecule has 1 heterocycles. The van der Waals surface area contributed by atoms with Gasteiger partial charge in [0, 0.05) is 12.5 Å². The molecule has 2 unspecified atom stereocenters. The molecule has 0 amide bonds. The Morgan fingerprint density at radius 1 is 1.26 bits per heavy atom. The molecule has 0 spiro atoms. The fourth-order valence-electron chi connectivity index (χ4n) is 2.34. The van der Waals surface area contributed by atoms with Gasteiger partial charge in [0.2, 0.25) is 0 Å². The van der Waals surface area contributed by atoms with Gasteiger partial charge in [0.05, 0.1) is 7.05 Å². The van der Waals surface area contributed by atoms with E-state index in [0.717, 1.165) is 18.8 Å². The lowest BCUT2D eigenvalue weighted by Gasteiger charge is -2.24. The van der Waals surface area contributed by atoms with E-state index in [9.17, 15) is 0 Å². The van der Waals surface area contributed by atoms with Crippen LogP contribution in [0.4, 0.5) is 0 Å². The van der Waals surface area contributed by atoms with Gasteiger partial charge in [-0.3, -0.25) is 0 Å². The maximum absolute atomic E-state index is 4.25. The molecule has 2 atom stereocenters. The summed E-state index contributed by atoms with van der Waals surface area (Å²) in [7, 11) is 1.79. The van der Waals surface area contributed by atoms with Crippen molar-refractivity contribution in [2.24, 2.45) is 13.0 Å². The SMILES string of the molecule is CCNC(c1ccccc1)C(C)Cc1nnn(C)n1. The second kappa shape index (κ2) is 6.43. The molecule has 1 aromatic carbocycles. The zero-order valence-corrected chi connectivity index (χ0v) is 11.7. The lowest BCUT2D eigenvalue weighted by Crippen LogP contribution is -2.28. The molecule has 0 saturated heterocycles. The first-order valence-corrected chi connectivity index (χ1v) is 6.72. The van der Waals surface area contributed by atoms with Crippen LogP contribution in [0.1, 0.15) is 31.3 Å². The van der Waals surface area contributed by atoms with Gasteiger partial charge in [0.15, 0.2) is 5.82 Å². The first-order valence-electron chi connectivity index (χ1n) is 6.72. The van der Waals surface area contributed by atoms with Crippen molar-refractivity contribution in [1.29, 1.82) is 0 Å². The molecular formula is C14H21N5. The minimum Gasteiger partial charge on any atom is -0.310 e. The Labute approximate surface area is 114 Å². The molecule has 19 heavy (non-hydrogen) atoms. The van der Waals surface area contributed by atoms with E-state index in [0.29, 0.717) is 12.0 Å². The number of aromatic nitrogens is 4. The van der Waals surface area contributed by atoms with Gasteiger partial charge in [-0.15, -0.1) is 10.2 Å². The molecule has 0 saturated carbocycles. The van der Waals surface area contributed by atoms with Crippen molar-refractivity contribution in [1.82, 2.24) is 25.5 Å². The standard InChI is InChI=1S/C14H21N5/c1-4-15-14(12-8-6-5-7-9-12)11(2)10-13-16-18-19(3)17-13/h5-9,11,14-15H,4,10H2,1-3H3. The summed E-state index contributed by atoms with van der Waals surface area (Å²) in [6.45, 7) is 5.29. The minimum atomic E-state index is 0.315. The Bertz CT molecular complexity index is 494. The summed E-state index contributed by atoms with van der Waals surface area (Å²) in [6, 6.07) is 10.8. The highest BCUT2D eigenvalue weighted by atomic mass is 15.6. The Kier molecular flexibility index (Phi) is 4.63. The maximum Gasteiger partial charge on any atom is 0.175 e. The number of rotatable bonds is 6. The van der Waals surface area contributed by atoms with E-state index in [1.54, 1.807) is 7.05 Å². The molecule has 5 heteroatoms. The van der Waals surface area contributed by atoms with Gasteiger partial charge in [0.1, 0.15) is 0 Å². The third-order valence-corrected chi connectivity index (χ3v) is 3.21. The number of benzene rings is 1. The predicted molar refractivity (Wildman–Crippen MR) is 74.5 cm³/mol. The quantitative estimate of drug-likeness (QED) is 0.858. The molecule has 2 aromatic rings. The molecule has 1 aromatic heterocycles. The van der Waals surface area contributed by atoms with Crippen LogP contribution in [0, 0.1) is 5.92 Å². The normalized spacial score (nSPS) is 14.3. The lowest BCUT2D eigenvalue weighted by molar-refractivity contribution is 0.385. The van der Waals surface area contributed by atoms with Crippen LogP contribution in [-0.4, -0.2) is 26.8 Å². The number of nitrogens with zero attached hydrogens (tertiary/aromatic N) is 4. The molecule has 102 valence electrons. The predicted octanol–water partition coefficient (Wildman–Crippen LogP) is 1.74. The monoisotopic (exact) mass is 259 g/mol. The van der Waals surface area contributed by atoms with Crippen molar-refractivity contribution in [3.8, 4) is 0 Å². The second-order valence-corrected chi connectivity index (χ2v) is 4.82. The first kappa shape index (κ1) is 13.7. The number of hydrogen-bond acceptors (Lipinski definition) is 4. The van der Waals surface area contributed by atoms with Crippen LogP contribution >= 0.6 is 0 Å². The molecule has 0 radical (unpaired) electrons. The van der Waals surface area contributed by atoms with Gasteiger partial charge in [0.25, 0.3) is 0 Å². The van der Waals surface area contributed by atoms with Crippen LogP contribution in [0.2, 0.25) is 0 Å². The largest absolute Gasteiger partial charge is 0.310 e. The molecule has 0 fully saturated rings. The van der Waals surface area contributed by atoms with Gasteiger partial charge in [-0.1, -0.05) is 44.2 Å². The van der Waals surface area contributed by atoms with Gasteiger partial charge < -0.3 is 5.32 Å². The van der Waals surface area contributed by atoms with Gasteiger partial charge >= 0.3 is 0 Å². The Balaban J connectivity index is 2.10. The van der Waals surface area contributed by atoms with Crippen molar-refractivity contribution in [2.45, 2.75) is 26.3 Å². The van der Waals surface area contributed by atoms with Crippen LogP contribution < -0.4 is 5.32 Å². The average molecular weight is 259 g/mol. The fourth-order valence-corrected chi connectivity index (χ4v) is 2.34. The number of nitrogens with one attached hydrogen (secondary N) is 1. The molecule has 1 N–H and O–H groups in total. The number of tetrazole rings is 1. The second-order valence-electron chi connectivity index (χ2n) is 4.82. The Morgan fingerprint density at radius 3 is 2.58 bits per heavy atom. The molecule has 0 bridgehead atoms. The summed E-state index contributed by atoms with van der Waals surface area (Å²) < 4.78 is 0. The molecule has 0 aliphatic carbocycles. The topological polar surface area (TPSA) is 55.6 Å². The molecule has 0 aliphatic rings. The van der Waals surface area contributed by atoms with E-state index >= 15 is 0 Å². The zero-order valence-electron chi connectivity index (χ0n) is 11.7. The Hall–Kier alpha value is -1.75. The van der Waals surface area contributed by atoms with Crippen molar-refractivity contribution >= 4 is 0 Å². The molecule has 0 aliphatic heterocycles. The van der Waals surface area contributed by atoms with Gasteiger partial charge in [-0.05, 0) is 23.2 Å². The smallest absolute Gasteiger partial charge is 0.175 e. The summed E-state index contributed by atoms with van der Waals surface area (Å²) in [5.41, 5.74) is 1.31. The van der Waals surface area contributed by atoms with E-state index in [-0.39, 0.29) is 0 Å². The molecule has 2 rings (SSSR count). The first-order chi connectivity index (χ1) is 9.20. The van der Waals surface area contributed by atoms with Crippen LogP contribution in [0.3, 0.4) is 0 Å². The summed E-state index contributed by atoms with van der Waals surface area (Å²) in [6.07, 6.45) is 0.820. The van der Waals surface area contributed by atoms with Crippen LogP contribution in [-0.2, 0) is 13.5 Å². The average Bonchev–Trinajstić information content (AvgIpc) is 2.82. The molecular weight excluding hydrogens is 238 g/mol. The van der Waals surface area contributed by atoms with Crippen LogP contribution in [0.25, 0.3) is 0 Å². The summed E-state index contributed by atoms with van der Waals surface area (Å²) in [5, 5.41) is 15.7. The lowest BCUT2D eigenvalue weighted by atomic mass is 9.91. The van der Waals surface area contributed by atoms with E-state index < -0.39 is 0 Å². The maximum atomic E-state index is 4.25. The Morgan fingerprint density at radius 2 is 2.00 bits per heavy atom. The van der Waals surface area contributed by atoms with Crippen LogP contribution in [0.5, 0.6) is 0 Å². The highest BCUT2D eigenvalue weighted by Gasteiger charge is 2.20. The highest BCUT2D eigenvalue weighted by Crippen LogP contribution is 2.23. The third-order valence-electron chi connectivity index (χ3n) is 3.21. The van der Waals surface area contributed by atoms with Crippen molar-refractivity contribution < 1.29 is 0 Å². The minimum absolute atomic E-state index is 0.315. The van der Waals surface area contributed by atoms with E-state index in [2.05, 4.69) is 58.8 Å². The zero-order chi connectivity index (χ0) is 13.7. The van der Waals surface area contributed by atoms with Crippen molar-refractivity contribution in [3.63, 3.8) is 0 Å². The molecule has 5 nitrogen and oxygen atoms in total. The van der Waals surface area contributed by atoms with Gasteiger partial charge in [-0.25, -0.2) is 0 Å². The fraction of sp³-hybridized carbons (Fsp3) is 0.500. The summed E-state index contributed by atoms with van der Waals surface area (Å²) in [4.78, 5) is 1.51. The summed E-state index contributed by atoms with van der Waals surface area (Å²) >= 11 is 0. The van der Waals surface area contributed by atoms with Crippen molar-refractivity contribution in [3.05, 3.63) is 41.7 Å². The number of hydrogen-bond donors (Lipinski definition) is 1. The van der Waals surface area contributed by atoms with Crippen LogP contribution in [0.15, 0.2) is 30.3 Å². The van der Waals surface area contributed by atoms with Gasteiger partial charge in [-0.2, -0.15) is 4.80 Å². The highest BCUT2D eigenvalue weighted by molar-refractivity contribution is 5.19. The van der Waals surface area contributed by atoms with Crippen molar-refractivity contribution in [2.75, 3.05) is 6.54 Å². The number of aryl methyl sites for hydroxylation is 1.